The molecule has 17 heavy (non-hydrogen) atoms. The number of rotatable bonds is 1. The Bertz CT molecular complexity index is 533. The van der Waals surface area contributed by atoms with Crippen LogP contribution in [-0.2, 0) is 6.42 Å². The lowest BCUT2D eigenvalue weighted by atomic mass is 9.95. The highest BCUT2D eigenvalue weighted by molar-refractivity contribution is 5.37. The van der Waals surface area contributed by atoms with E-state index in [1.165, 1.54) is 0 Å². The molecular weight excluding hydrogens is 214 g/mol. The van der Waals surface area contributed by atoms with Crippen molar-refractivity contribution < 1.29 is 5.11 Å². The van der Waals surface area contributed by atoms with Gasteiger partial charge in [0.2, 0.25) is 5.95 Å². The Morgan fingerprint density at radius 1 is 1.35 bits per heavy atom. The Kier molecular flexibility index (Phi) is 2.44. The first kappa shape index (κ1) is 10.5. The van der Waals surface area contributed by atoms with E-state index < -0.39 is 0 Å². The minimum atomic E-state index is -0.331. The van der Waals surface area contributed by atoms with Crippen molar-refractivity contribution in [1.29, 1.82) is 0 Å². The summed E-state index contributed by atoms with van der Waals surface area (Å²) in [5.41, 5.74) is 3.29. The second-order valence-electron chi connectivity index (χ2n) is 4.48. The number of hydrogen-bond donors (Lipinski definition) is 1. The Labute approximate surface area is 100.0 Å². The molecule has 1 aliphatic rings. The summed E-state index contributed by atoms with van der Waals surface area (Å²) in [5, 5.41) is 9.99. The van der Waals surface area contributed by atoms with Gasteiger partial charge in [-0.25, -0.2) is 9.97 Å². The fraction of sp³-hybridized carbons (Fsp3) is 0.385. The third kappa shape index (κ3) is 1.65. The van der Waals surface area contributed by atoms with E-state index in [9.17, 15) is 5.11 Å². The van der Waals surface area contributed by atoms with Crippen molar-refractivity contribution in [3.8, 4) is 5.95 Å². The van der Waals surface area contributed by atoms with Crippen molar-refractivity contribution in [3.63, 3.8) is 0 Å². The molecule has 0 saturated heterocycles. The highest BCUT2D eigenvalue weighted by atomic mass is 16.3. The van der Waals surface area contributed by atoms with Crippen LogP contribution in [0.1, 0.15) is 35.9 Å². The smallest absolute Gasteiger partial charge is 0.233 e. The summed E-state index contributed by atoms with van der Waals surface area (Å²) in [5.74, 6) is 0.695. The quantitative estimate of drug-likeness (QED) is 0.813. The standard InChI is InChI=1S/C13H15N3O/c1-9-8-10-11(4-2-5-12(10)17)16(9)13-14-6-3-7-15-13/h3,6-8,12,17H,2,4-5H2,1H3. The Hall–Kier alpha value is -1.68. The van der Waals surface area contributed by atoms with Gasteiger partial charge < -0.3 is 5.11 Å². The molecule has 0 fully saturated rings. The number of aromatic nitrogens is 3. The Morgan fingerprint density at radius 3 is 2.88 bits per heavy atom. The second kappa shape index (κ2) is 3.96. The average molecular weight is 229 g/mol. The molecule has 0 aromatic carbocycles. The summed E-state index contributed by atoms with van der Waals surface area (Å²) >= 11 is 0. The van der Waals surface area contributed by atoms with Crippen LogP contribution in [0.5, 0.6) is 0 Å². The molecule has 1 N–H and O–H groups in total. The summed E-state index contributed by atoms with van der Waals surface area (Å²) < 4.78 is 2.05. The first-order valence-electron chi connectivity index (χ1n) is 5.94. The van der Waals surface area contributed by atoms with Crippen LogP contribution in [0.2, 0.25) is 0 Å². The molecule has 1 atom stereocenters. The van der Waals surface area contributed by atoms with Gasteiger partial charge in [-0.2, -0.15) is 0 Å². The van der Waals surface area contributed by atoms with Crippen LogP contribution in [-0.4, -0.2) is 19.6 Å². The van der Waals surface area contributed by atoms with Crippen LogP contribution in [0.15, 0.2) is 24.5 Å². The van der Waals surface area contributed by atoms with Crippen LogP contribution in [0.3, 0.4) is 0 Å². The van der Waals surface area contributed by atoms with Crippen molar-refractivity contribution in [2.24, 2.45) is 0 Å². The lowest BCUT2D eigenvalue weighted by Crippen LogP contribution is -2.13. The molecule has 0 amide bonds. The van der Waals surface area contributed by atoms with Crippen LogP contribution in [0.25, 0.3) is 5.95 Å². The molecule has 0 radical (unpaired) electrons. The first-order valence-corrected chi connectivity index (χ1v) is 5.94. The summed E-state index contributed by atoms with van der Waals surface area (Å²) in [4.78, 5) is 8.57. The van der Waals surface area contributed by atoms with Crippen LogP contribution >= 0.6 is 0 Å². The van der Waals surface area contributed by atoms with Gasteiger partial charge in [0.05, 0.1) is 6.10 Å². The number of hydrogen-bond acceptors (Lipinski definition) is 3. The van der Waals surface area contributed by atoms with E-state index in [2.05, 4.69) is 20.6 Å². The predicted molar refractivity (Wildman–Crippen MR) is 64.0 cm³/mol. The molecule has 0 aliphatic heterocycles. The molecule has 0 saturated carbocycles. The summed E-state index contributed by atoms with van der Waals surface area (Å²) in [7, 11) is 0. The van der Waals surface area contributed by atoms with Gasteiger partial charge in [0, 0.05) is 29.3 Å². The van der Waals surface area contributed by atoms with E-state index in [0.717, 1.165) is 36.2 Å². The third-order valence-corrected chi connectivity index (χ3v) is 3.32. The summed E-state index contributed by atoms with van der Waals surface area (Å²) in [6, 6.07) is 3.86. The fourth-order valence-corrected chi connectivity index (χ4v) is 2.56. The Morgan fingerprint density at radius 2 is 2.12 bits per heavy atom. The van der Waals surface area contributed by atoms with Gasteiger partial charge in [0.25, 0.3) is 0 Å². The number of aliphatic hydroxyl groups is 1. The van der Waals surface area contributed by atoms with Gasteiger partial charge in [-0.3, -0.25) is 4.57 Å². The molecular formula is C13H15N3O. The maximum Gasteiger partial charge on any atom is 0.233 e. The van der Waals surface area contributed by atoms with Gasteiger partial charge in [-0.1, -0.05) is 0 Å². The maximum atomic E-state index is 9.99. The molecule has 1 unspecified atom stereocenters. The average Bonchev–Trinajstić information content (AvgIpc) is 2.68. The molecule has 1 aliphatic carbocycles. The van der Waals surface area contributed by atoms with Crippen molar-refractivity contribution in [3.05, 3.63) is 41.5 Å². The van der Waals surface area contributed by atoms with E-state index in [0.29, 0.717) is 5.95 Å². The largest absolute Gasteiger partial charge is 0.388 e. The van der Waals surface area contributed by atoms with E-state index in [1.54, 1.807) is 12.4 Å². The highest BCUT2D eigenvalue weighted by Crippen LogP contribution is 2.33. The maximum absolute atomic E-state index is 9.99. The molecule has 2 aromatic rings. The lowest BCUT2D eigenvalue weighted by molar-refractivity contribution is 0.156. The predicted octanol–water partition coefficient (Wildman–Crippen LogP) is 1.95. The minimum absolute atomic E-state index is 0.331. The van der Waals surface area contributed by atoms with E-state index in [-0.39, 0.29) is 6.10 Å². The monoisotopic (exact) mass is 229 g/mol. The second-order valence-corrected chi connectivity index (χ2v) is 4.48. The topological polar surface area (TPSA) is 50.9 Å². The molecule has 2 aromatic heterocycles. The van der Waals surface area contributed by atoms with Gasteiger partial charge in [-0.05, 0) is 38.3 Å². The summed E-state index contributed by atoms with van der Waals surface area (Å²) in [6.07, 6.45) is 6.01. The van der Waals surface area contributed by atoms with Gasteiger partial charge in [-0.15, -0.1) is 0 Å². The van der Waals surface area contributed by atoms with Gasteiger partial charge in [0.1, 0.15) is 0 Å². The zero-order valence-electron chi connectivity index (χ0n) is 9.80. The molecule has 4 heteroatoms. The molecule has 0 bridgehead atoms. The lowest BCUT2D eigenvalue weighted by Gasteiger charge is -2.19. The number of aliphatic hydroxyl groups excluding tert-OH is 1. The molecule has 88 valence electrons. The highest BCUT2D eigenvalue weighted by Gasteiger charge is 2.24. The normalized spacial score (nSPS) is 19.1. The third-order valence-electron chi connectivity index (χ3n) is 3.32. The van der Waals surface area contributed by atoms with Gasteiger partial charge in [0.15, 0.2) is 0 Å². The molecule has 3 rings (SSSR count). The van der Waals surface area contributed by atoms with Crippen molar-refractivity contribution in [2.75, 3.05) is 0 Å². The van der Waals surface area contributed by atoms with E-state index in [4.69, 9.17) is 0 Å². The summed E-state index contributed by atoms with van der Waals surface area (Å²) in [6.45, 7) is 2.03. The first-order chi connectivity index (χ1) is 8.27. The van der Waals surface area contributed by atoms with Crippen molar-refractivity contribution in [2.45, 2.75) is 32.3 Å². The minimum Gasteiger partial charge on any atom is -0.388 e. The SMILES string of the molecule is Cc1cc2c(n1-c1ncccn1)CCCC2O. The van der Waals surface area contributed by atoms with Crippen LogP contribution in [0, 0.1) is 6.92 Å². The number of aryl methyl sites for hydroxylation is 1. The van der Waals surface area contributed by atoms with E-state index in [1.807, 2.05) is 13.0 Å². The van der Waals surface area contributed by atoms with E-state index >= 15 is 0 Å². The number of nitrogens with zero attached hydrogens (tertiary/aromatic N) is 3. The zero-order valence-corrected chi connectivity index (χ0v) is 9.80. The molecule has 2 heterocycles. The van der Waals surface area contributed by atoms with Crippen LogP contribution < -0.4 is 0 Å². The molecule has 4 nitrogen and oxygen atoms in total. The Balaban J connectivity index is 2.18. The zero-order chi connectivity index (χ0) is 11.8. The van der Waals surface area contributed by atoms with Crippen LogP contribution in [0.4, 0.5) is 0 Å². The van der Waals surface area contributed by atoms with Crippen molar-refractivity contribution in [1.82, 2.24) is 14.5 Å². The van der Waals surface area contributed by atoms with Crippen molar-refractivity contribution >= 4 is 0 Å². The number of fused-ring (bicyclic) bond motifs is 1. The fourth-order valence-electron chi connectivity index (χ4n) is 2.56. The molecule has 0 spiro atoms. The van der Waals surface area contributed by atoms with Gasteiger partial charge >= 0.3 is 0 Å².